The average Bonchev–Trinajstić information content (AvgIpc) is 3.20. The minimum Gasteiger partial charge on any atom is -0.462 e. The van der Waals surface area contributed by atoms with Gasteiger partial charge in [0.2, 0.25) is 0 Å². The molecule has 6 heteroatoms. The summed E-state index contributed by atoms with van der Waals surface area (Å²) in [5, 5.41) is 2.87. The highest BCUT2D eigenvalue weighted by Crippen LogP contribution is 2.37. The van der Waals surface area contributed by atoms with Crippen molar-refractivity contribution in [3.63, 3.8) is 0 Å². The summed E-state index contributed by atoms with van der Waals surface area (Å²) < 4.78 is 11.3. The number of benzene rings is 1. The van der Waals surface area contributed by atoms with Crippen molar-refractivity contribution in [3.8, 4) is 0 Å². The molecular weight excluding hydrogens is 378 g/mol. The quantitative estimate of drug-likeness (QED) is 0.453. The Morgan fingerprint density at radius 2 is 2.14 bits per heavy atom. The van der Waals surface area contributed by atoms with Crippen LogP contribution < -0.4 is 5.32 Å². The molecule has 0 unspecified atom stereocenters. The largest absolute Gasteiger partial charge is 0.462 e. The molecule has 0 atom stereocenters. The van der Waals surface area contributed by atoms with Gasteiger partial charge in [-0.15, -0.1) is 11.6 Å². The van der Waals surface area contributed by atoms with Crippen LogP contribution in [0.5, 0.6) is 0 Å². The molecule has 5 nitrogen and oxygen atoms in total. The van der Waals surface area contributed by atoms with Gasteiger partial charge >= 0.3 is 5.97 Å². The fourth-order valence-corrected chi connectivity index (χ4v) is 4.11. The van der Waals surface area contributed by atoms with Crippen LogP contribution in [0.4, 0.5) is 5.69 Å². The van der Waals surface area contributed by atoms with Crippen LogP contribution in [0.15, 0.2) is 22.6 Å². The van der Waals surface area contributed by atoms with Gasteiger partial charge in [-0.05, 0) is 56.4 Å². The van der Waals surface area contributed by atoms with Crippen molar-refractivity contribution < 1.29 is 18.7 Å². The number of hydrogen-bond donors (Lipinski definition) is 1. The summed E-state index contributed by atoms with van der Waals surface area (Å²) in [6.07, 6.45) is 6.03. The van der Waals surface area contributed by atoms with Crippen molar-refractivity contribution in [2.24, 2.45) is 0 Å². The minimum absolute atomic E-state index is 0.206. The van der Waals surface area contributed by atoms with Crippen LogP contribution in [0.1, 0.15) is 58.3 Å². The molecule has 1 aromatic carbocycles. The van der Waals surface area contributed by atoms with Crippen LogP contribution >= 0.6 is 11.6 Å². The summed E-state index contributed by atoms with van der Waals surface area (Å²) in [5.41, 5.74) is 4.48. The number of carbonyl (C=O) groups is 2. The van der Waals surface area contributed by atoms with Gasteiger partial charge in [0.1, 0.15) is 17.1 Å². The molecule has 4 rings (SSSR count). The van der Waals surface area contributed by atoms with E-state index in [0.717, 1.165) is 60.2 Å². The number of nitrogens with one attached hydrogen (secondary N) is 1. The number of hydrogen-bond acceptors (Lipinski definition) is 4. The van der Waals surface area contributed by atoms with Gasteiger partial charge in [0, 0.05) is 29.1 Å². The van der Waals surface area contributed by atoms with E-state index in [9.17, 15) is 9.59 Å². The van der Waals surface area contributed by atoms with Crippen LogP contribution in [-0.4, -0.2) is 24.4 Å². The molecule has 0 saturated carbocycles. The fraction of sp³-hybridized carbons (Fsp3) is 0.364. The van der Waals surface area contributed by atoms with Crippen LogP contribution in [0.25, 0.3) is 11.6 Å². The average molecular weight is 400 g/mol. The van der Waals surface area contributed by atoms with Gasteiger partial charge in [-0.3, -0.25) is 4.79 Å². The zero-order valence-corrected chi connectivity index (χ0v) is 16.5. The first-order valence-electron chi connectivity index (χ1n) is 9.66. The van der Waals surface area contributed by atoms with E-state index in [4.69, 9.17) is 20.8 Å². The number of aryl methyl sites for hydroxylation is 2. The monoisotopic (exact) mass is 399 g/mol. The van der Waals surface area contributed by atoms with E-state index in [2.05, 4.69) is 5.32 Å². The molecule has 0 radical (unpaired) electrons. The highest BCUT2D eigenvalue weighted by molar-refractivity contribution is 6.35. The third-order valence-electron chi connectivity index (χ3n) is 5.20. The second-order valence-electron chi connectivity index (χ2n) is 7.00. The molecule has 146 valence electrons. The van der Waals surface area contributed by atoms with E-state index in [1.54, 1.807) is 13.0 Å². The van der Waals surface area contributed by atoms with E-state index in [1.807, 2.05) is 18.2 Å². The number of carbonyl (C=O) groups excluding carboxylic acids is 2. The molecule has 28 heavy (non-hydrogen) atoms. The van der Waals surface area contributed by atoms with E-state index in [0.29, 0.717) is 29.4 Å². The molecule has 1 aliphatic heterocycles. The molecule has 2 heterocycles. The molecule has 2 aromatic rings. The van der Waals surface area contributed by atoms with Crippen LogP contribution in [0.3, 0.4) is 0 Å². The maximum Gasteiger partial charge on any atom is 0.342 e. The summed E-state index contributed by atoms with van der Waals surface area (Å²) in [6.45, 7) is 2.07. The highest BCUT2D eigenvalue weighted by atomic mass is 35.5. The lowest BCUT2D eigenvalue weighted by Crippen LogP contribution is -2.10. The van der Waals surface area contributed by atoms with Gasteiger partial charge in [-0.1, -0.05) is 6.07 Å². The lowest BCUT2D eigenvalue weighted by atomic mass is 9.94. The van der Waals surface area contributed by atoms with E-state index < -0.39 is 5.97 Å². The molecule has 0 spiro atoms. The lowest BCUT2D eigenvalue weighted by Gasteiger charge is -2.10. The molecule has 2 aliphatic rings. The van der Waals surface area contributed by atoms with Gasteiger partial charge in [-0.2, -0.15) is 0 Å². The predicted molar refractivity (Wildman–Crippen MR) is 109 cm³/mol. The maximum absolute atomic E-state index is 12.6. The Kier molecular flexibility index (Phi) is 5.27. The number of ether oxygens (including phenoxy) is 1. The predicted octanol–water partition coefficient (Wildman–Crippen LogP) is 4.61. The number of halogens is 1. The molecule has 1 aliphatic carbocycles. The Balaban J connectivity index is 1.81. The summed E-state index contributed by atoms with van der Waals surface area (Å²) in [4.78, 5) is 25.2. The van der Waals surface area contributed by atoms with Gasteiger partial charge in [-0.25, -0.2) is 4.79 Å². The van der Waals surface area contributed by atoms with Crippen molar-refractivity contribution in [1.29, 1.82) is 0 Å². The fourth-order valence-electron chi connectivity index (χ4n) is 3.89. The number of alkyl halides is 1. The Bertz CT molecular complexity index is 973. The molecule has 1 amide bonds. The topological polar surface area (TPSA) is 68.5 Å². The number of esters is 1. The van der Waals surface area contributed by atoms with E-state index in [-0.39, 0.29) is 5.91 Å². The third-order valence-corrected chi connectivity index (χ3v) is 5.39. The number of rotatable bonds is 5. The molecule has 0 fully saturated rings. The van der Waals surface area contributed by atoms with E-state index >= 15 is 0 Å². The second kappa shape index (κ2) is 7.84. The Morgan fingerprint density at radius 3 is 2.93 bits per heavy atom. The standard InChI is InChI=1S/C22H22ClNO4/c1-2-27-22(26)20-14-5-3-4-6-18(14)28-19(20)12-16-15-11-13(9-10-23)7-8-17(15)24-21(16)25/h7-8,11-12H,2-6,9-10H2,1H3,(H,24,25). The van der Waals surface area contributed by atoms with Crippen molar-refractivity contribution in [1.82, 2.24) is 0 Å². The van der Waals surface area contributed by atoms with Crippen LogP contribution in [0, 0.1) is 0 Å². The number of anilines is 1. The van der Waals surface area contributed by atoms with Crippen molar-refractivity contribution in [2.75, 3.05) is 17.8 Å². The molecule has 1 aromatic heterocycles. The summed E-state index contributed by atoms with van der Waals surface area (Å²) in [7, 11) is 0. The molecule has 0 saturated heterocycles. The first kappa shape index (κ1) is 18.8. The minimum atomic E-state index is -0.393. The number of fused-ring (bicyclic) bond motifs is 2. The molecule has 1 N–H and O–H groups in total. The van der Waals surface area contributed by atoms with Crippen LogP contribution in [-0.2, 0) is 28.8 Å². The highest BCUT2D eigenvalue weighted by Gasteiger charge is 2.30. The summed E-state index contributed by atoms with van der Waals surface area (Å²) in [6, 6.07) is 5.81. The maximum atomic E-state index is 12.6. The number of amides is 1. The molecule has 0 bridgehead atoms. The Labute approximate surface area is 168 Å². The van der Waals surface area contributed by atoms with Gasteiger partial charge < -0.3 is 14.5 Å². The SMILES string of the molecule is CCOC(=O)c1c(C=C2C(=O)Nc3ccc(CCCl)cc32)oc2c1CCCC2. The zero-order chi connectivity index (χ0) is 19.7. The van der Waals surface area contributed by atoms with Crippen molar-refractivity contribution in [3.05, 3.63) is 52.0 Å². The number of furan rings is 1. The van der Waals surface area contributed by atoms with Crippen molar-refractivity contribution in [2.45, 2.75) is 39.0 Å². The first-order chi connectivity index (χ1) is 13.6. The first-order valence-corrected chi connectivity index (χ1v) is 10.2. The zero-order valence-electron chi connectivity index (χ0n) is 15.8. The third kappa shape index (κ3) is 3.35. The summed E-state index contributed by atoms with van der Waals surface area (Å²) in [5.74, 6) is 1.15. The Hall–Kier alpha value is -2.53. The molecular formula is C22H22ClNO4. The summed E-state index contributed by atoms with van der Waals surface area (Å²) >= 11 is 5.86. The van der Waals surface area contributed by atoms with Gasteiger partial charge in [0.15, 0.2) is 0 Å². The van der Waals surface area contributed by atoms with Crippen LogP contribution in [0.2, 0.25) is 0 Å². The van der Waals surface area contributed by atoms with Gasteiger partial charge in [0.05, 0.1) is 12.2 Å². The van der Waals surface area contributed by atoms with E-state index in [1.165, 1.54) is 0 Å². The smallest absolute Gasteiger partial charge is 0.342 e. The Morgan fingerprint density at radius 1 is 1.32 bits per heavy atom. The second-order valence-corrected chi connectivity index (χ2v) is 7.38. The van der Waals surface area contributed by atoms with Gasteiger partial charge in [0.25, 0.3) is 5.91 Å². The lowest BCUT2D eigenvalue weighted by molar-refractivity contribution is -0.110. The van der Waals surface area contributed by atoms with Crippen molar-refractivity contribution >= 4 is 40.8 Å². The normalized spacial score (nSPS) is 16.6.